The Labute approximate surface area is 146 Å². The molecular weight excluding hydrogens is 345 g/mol. The number of rotatable bonds is 4. The van der Waals surface area contributed by atoms with Gasteiger partial charge in [-0.05, 0) is 50.1 Å². The molecule has 1 aliphatic rings. The lowest BCUT2D eigenvalue weighted by atomic mass is 10.1. The molecule has 0 aliphatic carbocycles. The third kappa shape index (κ3) is 3.58. The molecule has 2 aromatic rings. The zero-order valence-corrected chi connectivity index (χ0v) is 14.9. The number of aromatic nitrogens is 2. The molecule has 2 heterocycles. The summed E-state index contributed by atoms with van der Waals surface area (Å²) in [7, 11) is -3.07. The highest BCUT2D eigenvalue weighted by molar-refractivity contribution is 7.91. The fourth-order valence-electron chi connectivity index (χ4n) is 3.13. The zero-order valence-electron chi connectivity index (χ0n) is 14.1. The Balaban J connectivity index is 1.83. The van der Waals surface area contributed by atoms with E-state index < -0.39 is 9.84 Å². The number of hydrogen-bond acceptors (Lipinski definition) is 4. The molecule has 1 saturated heterocycles. The molecule has 0 bridgehead atoms. The van der Waals surface area contributed by atoms with E-state index in [1.807, 2.05) is 6.92 Å². The molecule has 1 aliphatic heterocycles. The first-order valence-electron chi connectivity index (χ1n) is 8.14. The van der Waals surface area contributed by atoms with E-state index in [1.54, 1.807) is 30.0 Å². The van der Waals surface area contributed by atoms with Crippen LogP contribution in [0.1, 0.15) is 29.4 Å². The van der Waals surface area contributed by atoms with Gasteiger partial charge in [0.25, 0.3) is 5.91 Å². The molecule has 1 fully saturated rings. The Morgan fingerprint density at radius 3 is 2.76 bits per heavy atom. The number of carbonyl (C=O) groups is 1. The normalized spacial score (nSPS) is 19.1. The van der Waals surface area contributed by atoms with Crippen LogP contribution in [-0.4, -0.2) is 53.5 Å². The maximum absolute atomic E-state index is 13.4. The van der Waals surface area contributed by atoms with Gasteiger partial charge in [-0.15, -0.1) is 0 Å². The van der Waals surface area contributed by atoms with Crippen molar-refractivity contribution < 1.29 is 17.6 Å². The quantitative estimate of drug-likeness (QED) is 0.900. The lowest BCUT2D eigenvalue weighted by Gasteiger charge is -2.26. The Hall–Kier alpha value is -2.22. The number of H-pyrrole nitrogens is 1. The molecule has 6 nitrogen and oxygen atoms in total. The predicted molar refractivity (Wildman–Crippen MR) is 92.5 cm³/mol. The second-order valence-corrected chi connectivity index (χ2v) is 8.51. The Morgan fingerprint density at radius 2 is 2.16 bits per heavy atom. The van der Waals surface area contributed by atoms with Crippen LogP contribution in [-0.2, 0) is 9.84 Å². The first-order valence-corrected chi connectivity index (χ1v) is 9.96. The molecule has 1 aromatic heterocycles. The van der Waals surface area contributed by atoms with Gasteiger partial charge in [-0.25, -0.2) is 12.8 Å². The van der Waals surface area contributed by atoms with Crippen LogP contribution in [0.3, 0.4) is 0 Å². The molecule has 1 aromatic carbocycles. The summed E-state index contributed by atoms with van der Waals surface area (Å²) in [6, 6.07) is 5.95. The third-order valence-corrected chi connectivity index (χ3v) is 6.26. The number of sulfone groups is 1. The van der Waals surface area contributed by atoms with Gasteiger partial charge in [0.15, 0.2) is 9.84 Å². The number of hydrogen-bond donors (Lipinski definition) is 1. The molecule has 134 valence electrons. The number of aromatic amines is 1. The molecule has 0 spiro atoms. The molecule has 8 heteroatoms. The van der Waals surface area contributed by atoms with Crippen LogP contribution in [0.5, 0.6) is 0 Å². The van der Waals surface area contributed by atoms with Crippen molar-refractivity contribution in [2.45, 2.75) is 26.3 Å². The van der Waals surface area contributed by atoms with Gasteiger partial charge in [-0.3, -0.25) is 9.89 Å². The van der Waals surface area contributed by atoms with Gasteiger partial charge < -0.3 is 4.90 Å². The Bertz CT molecular complexity index is 908. The third-order valence-electron chi connectivity index (χ3n) is 4.51. The zero-order chi connectivity index (χ0) is 18.2. The molecule has 25 heavy (non-hydrogen) atoms. The Kier molecular flexibility index (Phi) is 4.64. The van der Waals surface area contributed by atoms with Crippen molar-refractivity contribution in [2.75, 3.05) is 18.1 Å². The monoisotopic (exact) mass is 365 g/mol. The molecule has 1 unspecified atom stereocenters. The van der Waals surface area contributed by atoms with Crippen LogP contribution in [0.25, 0.3) is 11.3 Å². The topological polar surface area (TPSA) is 83.1 Å². The number of amides is 1. The summed E-state index contributed by atoms with van der Waals surface area (Å²) >= 11 is 0. The van der Waals surface area contributed by atoms with Gasteiger partial charge in [0.05, 0.1) is 17.2 Å². The number of carbonyl (C=O) groups excluding carboxylic acids is 1. The van der Waals surface area contributed by atoms with Gasteiger partial charge in [-0.1, -0.05) is 0 Å². The summed E-state index contributed by atoms with van der Waals surface area (Å²) in [6.45, 7) is 3.91. The summed E-state index contributed by atoms with van der Waals surface area (Å²) in [5.41, 5.74) is 2.05. The van der Waals surface area contributed by atoms with Gasteiger partial charge in [0.2, 0.25) is 0 Å². The highest BCUT2D eigenvalue weighted by Gasteiger charge is 2.34. The first-order chi connectivity index (χ1) is 11.8. The second kappa shape index (κ2) is 6.59. The highest BCUT2D eigenvalue weighted by atomic mass is 32.2. The molecule has 3 rings (SSSR count). The minimum atomic E-state index is -3.07. The predicted octanol–water partition coefficient (Wildman–Crippen LogP) is 2.17. The van der Waals surface area contributed by atoms with E-state index in [0.29, 0.717) is 35.5 Å². The molecule has 1 atom stereocenters. The molecule has 0 radical (unpaired) electrons. The number of benzene rings is 1. The summed E-state index contributed by atoms with van der Waals surface area (Å²) in [6.07, 6.45) is 0.458. The fraction of sp³-hybridized carbons (Fsp3) is 0.412. The van der Waals surface area contributed by atoms with Gasteiger partial charge in [-0.2, -0.15) is 5.10 Å². The number of nitrogens with one attached hydrogen (secondary N) is 1. The minimum absolute atomic E-state index is 0.00469. The SMILES string of the molecule is CCN(C(=O)c1cc(-c2ccc(F)c(C)c2)n[nH]1)C1CCS(=O)(=O)C1. The highest BCUT2D eigenvalue weighted by Crippen LogP contribution is 2.23. The average molecular weight is 365 g/mol. The average Bonchev–Trinajstić information content (AvgIpc) is 3.17. The maximum atomic E-state index is 13.4. The van der Waals surface area contributed by atoms with Gasteiger partial charge in [0, 0.05) is 18.2 Å². The number of halogens is 1. The van der Waals surface area contributed by atoms with Gasteiger partial charge >= 0.3 is 0 Å². The van der Waals surface area contributed by atoms with Crippen molar-refractivity contribution in [1.82, 2.24) is 15.1 Å². The molecule has 1 N–H and O–H groups in total. The second-order valence-electron chi connectivity index (χ2n) is 6.28. The van der Waals surface area contributed by atoms with Crippen LogP contribution in [0, 0.1) is 12.7 Å². The number of nitrogens with zero attached hydrogens (tertiary/aromatic N) is 2. The fourth-order valence-corrected chi connectivity index (χ4v) is 4.86. The van der Waals surface area contributed by atoms with E-state index in [2.05, 4.69) is 10.2 Å². The molecular formula is C17H20FN3O3S. The summed E-state index contributed by atoms with van der Waals surface area (Å²) in [5.74, 6) is -0.452. The lowest BCUT2D eigenvalue weighted by molar-refractivity contribution is 0.0702. The van der Waals surface area contributed by atoms with E-state index in [-0.39, 0.29) is 29.3 Å². The summed E-state index contributed by atoms with van der Waals surface area (Å²) in [4.78, 5) is 14.3. The van der Waals surface area contributed by atoms with E-state index >= 15 is 0 Å². The largest absolute Gasteiger partial charge is 0.334 e. The standard InChI is InChI=1S/C17H20FN3O3S/c1-3-21(13-6-7-25(23,24)10-13)17(22)16-9-15(19-20-16)12-4-5-14(18)11(2)8-12/h4-5,8-9,13H,3,6-7,10H2,1-2H3,(H,19,20). The van der Waals surface area contributed by atoms with Crippen molar-refractivity contribution in [3.05, 3.63) is 41.3 Å². The molecule has 1 amide bonds. The van der Waals surface area contributed by atoms with Gasteiger partial charge in [0.1, 0.15) is 11.5 Å². The maximum Gasteiger partial charge on any atom is 0.272 e. The van der Waals surface area contributed by atoms with Crippen molar-refractivity contribution in [3.8, 4) is 11.3 Å². The smallest absolute Gasteiger partial charge is 0.272 e. The Morgan fingerprint density at radius 1 is 1.40 bits per heavy atom. The molecule has 0 saturated carbocycles. The van der Waals surface area contributed by atoms with Crippen molar-refractivity contribution >= 4 is 15.7 Å². The van der Waals surface area contributed by atoms with E-state index in [1.165, 1.54) is 6.07 Å². The number of aryl methyl sites for hydroxylation is 1. The van der Waals surface area contributed by atoms with Crippen LogP contribution in [0.2, 0.25) is 0 Å². The minimum Gasteiger partial charge on any atom is -0.334 e. The van der Waals surface area contributed by atoms with Crippen molar-refractivity contribution in [2.24, 2.45) is 0 Å². The van der Waals surface area contributed by atoms with Crippen LogP contribution in [0.4, 0.5) is 4.39 Å². The van der Waals surface area contributed by atoms with E-state index in [0.717, 1.165) is 0 Å². The van der Waals surface area contributed by atoms with Crippen LogP contribution >= 0.6 is 0 Å². The summed E-state index contributed by atoms with van der Waals surface area (Å²) < 4.78 is 36.8. The van der Waals surface area contributed by atoms with Crippen molar-refractivity contribution in [3.63, 3.8) is 0 Å². The van der Waals surface area contributed by atoms with E-state index in [4.69, 9.17) is 0 Å². The first kappa shape index (κ1) is 17.6. The van der Waals surface area contributed by atoms with Crippen LogP contribution < -0.4 is 0 Å². The van der Waals surface area contributed by atoms with Crippen molar-refractivity contribution in [1.29, 1.82) is 0 Å². The summed E-state index contributed by atoms with van der Waals surface area (Å²) in [5, 5.41) is 6.85. The van der Waals surface area contributed by atoms with E-state index in [9.17, 15) is 17.6 Å². The van der Waals surface area contributed by atoms with Crippen LogP contribution in [0.15, 0.2) is 24.3 Å². The lowest BCUT2D eigenvalue weighted by Crippen LogP contribution is -2.41.